The van der Waals surface area contributed by atoms with Crippen LogP contribution in [-0.4, -0.2) is 55.7 Å². The number of non-ortho nitro benzene ring substituents is 1. The highest BCUT2D eigenvalue weighted by Gasteiger charge is 2.20. The van der Waals surface area contributed by atoms with Crippen LogP contribution in [0.3, 0.4) is 0 Å². The number of amides is 1. The molecule has 0 spiro atoms. The van der Waals surface area contributed by atoms with Crippen LogP contribution in [0.2, 0.25) is 0 Å². The average Bonchev–Trinajstić information content (AvgIpc) is 2.82. The Balaban J connectivity index is 1.52. The summed E-state index contributed by atoms with van der Waals surface area (Å²) in [5, 5.41) is 13.7. The van der Waals surface area contributed by atoms with Crippen LogP contribution in [0.5, 0.6) is 11.5 Å². The van der Waals surface area contributed by atoms with Crippen molar-refractivity contribution in [3.05, 3.63) is 63.2 Å². The molecule has 1 aliphatic heterocycles. The second-order valence-corrected chi connectivity index (χ2v) is 6.90. The van der Waals surface area contributed by atoms with E-state index in [0.717, 1.165) is 23.8 Å². The summed E-state index contributed by atoms with van der Waals surface area (Å²) in [4.78, 5) is 46.6. The zero-order valence-electron chi connectivity index (χ0n) is 17.8. The highest BCUT2D eigenvalue weighted by molar-refractivity contribution is 5.97. The van der Waals surface area contributed by atoms with E-state index in [2.05, 4.69) is 5.32 Å². The molecule has 0 saturated carbocycles. The Morgan fingerprint density at radius 2 is 1.67 bits per heavy atom. The van der Waals surface area contributed by atoms with E-state index in [4.69, 9.17) is 18.9 Å². The standard InChI is InChI=1S/C22H22N2O9/c1-2-30-21(26)15-10-16(12-17(11-15)24(28)29)22(27)33-13-20(25)23-6-5-14-3-4-18-19(9-14)32-8-7-31-18/h3-4,9-12H,2,5-8,13H2,1H3,(H,23,25). The minimum Gasteiger partial charge on any atom is -0.486 e. The van der Waals surface area contributed by atoms with Gasteiger partial charge in [-0.25, -0.2) is 9.59 Å². The van der Waals surface area contributed by atoms with Gasteiger partial charge in [0.1, 0.15) is 13.2 Å². The fourth-order valence-corrected chi connectivity index (χ4v) is 3.02. The van der Waals surface area contributed by atoms with Crippen molar-refractivity contribution in [1.82, 2.24) is 5.32 Å². The number of nitro benzene ring substituents is 1. The number of nitrogens with one attached hydrogen (secondary N) is 1. The first kappa shape index (κ1) is 23.5. The summed E-state index contributed by atoms with van der Waals surface area (Å²) in [6, 6.07) is 8.58. The minimum absolute atomic E-state index is 0.0632. The van der Waals surface area contributed by atoms with Crippen molar-refractivity contribution < 1.29 is 38.3 Å². The number of rotatable bonds is 9. The summed E-state index contributed by atoms with van der Waals surface area (Å²) in [5.41, 5.74) is 0.0502. The molecule has 33 heavy (non-hydrogen) atoms. The summed E-state index contributed by atoms with van der Waals surface area (Å²) in [7, 11) is 0. The van der Waals surface area contributed by atoms with Crippen LogP contribution in [0.25, 0.3) is 0 Å². The first-order valence-corrected chi connectivity index (χ1v) is 10.2. The van der Waals surface area contributed by atoms with E-state index in [9.17, 15) is 24.5 Å². The number of carbonyl (C=O) groups is 3. The Morgan fingerprint density at radius 1 is 1.00 bits per heavy atom. The van der Waals surface area contributed by atoms with Crippen molar-refractivity contribution in [2.24, 2.45) is 0 Å². The molecule has 1 amide bonds. The van der Waals surface area contributed by atoms with Crippen molar-refractivity contribution in [1.29, 1.82) is 0 Å². The number of hydrogen-bond donors (Lipinski definition) is 1. The highest BCUT2D eigenvalue weighted by atomic mass is 16.6. The monoisotopic (exact) mass is 458 g/mol. The number of nitro groups is 1. The van der Waals surface area contributed by atoms with Crippen LogP contribution in [0.15, 0.2) is 36.4 Å². The number of hydrogen-bond acceptors (Lipinski definition) is 9. The van der Waals surface area contributed by atoms with Gasteiger partial charge in [0.05, 0.1) is 22.7 Å². The molecule has 0 aliphatic carbocycles. The van der Waals surface area contributed by atoms with E-state index in [1.54, 1.807) is 13.0 Å². The smallest absolute Gasteiger partial charge is 0.338 e. The van der Waals surface area contributed by atoms with Gasteiger partial charge in [0.2, 0.25) is 0 Å². The Morgan fingerprint density at radius 3 is 2.33 bits per heavy atom. The van der Waals surface area contributed by atoms with Gasteiger partial charge in [0.25, 0.3) is 11.6 Å². The van der Waals surface area contributed by atoms with Gasteiger partial charge in [-0.1, -0.05) is 6.07 Å². The maximum Gasteiger partial charge on any atom is 0.338 e. The molecule has 174 valence electrons. The van der Waals surface area contributed by atoms with Gasteiger partial charge in [0.15, 0.2) is 18.1 Å². The maximum atomic E-state index is 12.3. The van der Waals surface area contributed by atoms with E-state index in [-0.39, 0.29) is 17.7 Å². The molecular formula is C22H22N2O9. The third-order valence-corrected chi connectivity index (χ3v) is 4.55. The Labute approximate surface area is 188 Å². The van der Waals surface area contributed by atoms with E-state index in [1.807, 2.05) is 12.1 Å². The van der Waals surface area contributed by atoms with Crippen LogP contribution in [0.1, 0.15) is 33.2 Å². The van der Waals surface area contributed by atoms with E-state index in [0.29, 0.717) is 37.7 Å². The summed E-state index contributed by atoms with van der Waals surface area (Å²) in [5.74, 6) is -1.01. The third kappa shape index (κ3) is 6.42. The van der Waals surface area contributed by atoms with Crippen LogP contribution in [-0.2, 0) is 20.7 Å². The minimum atomic E-state index is -0.980. The fraction of sp³-hybridized carbons (Fsp3) is 0.318. The van der Waals surface area contributed by atoms with Crippen molar-refractivity contribution in [2.45, 2.75) is 13.3 Å². The molecular weight excluding hydrogens is 436 g/mol. The van der Waals surface area contributed by atoms with Gasteiger partial charge in [-0.2, -0.15) is 0 Å². The number of carbonyl (C=O) groups excluding carboxylic acids is 3. The van der Waals surface area contributed by atoms with Crippen LogP contribution < -0.4 is 14.8 Å². The Hall–Kier alpha value is -4.15. The SMILES string of the molecule is CCOC(=O)c1cc(C(=O)OCC(=O)NCCc2ccc3c(c2)OCCO3)cc([N+](=O)[O-])c1. The molecule has 0 aromatic heterocycles. The topological polar surface area (TPSA) is 143 Å². The lowest BCUT2D eigenvalue weighted by molar-refractivity contribution is -0.384. The highest BCUT2D eigenvalue weighted by Crippen LogP contribution is 2.30. The molecule has 2 aromatic rings. The zero-order valence-corrected chi connectivity index (χ0v) is 17.8. The van der Waals surface area contributed by atoms with Crippen molar-refractivity contribution >= 4 is 23.5 Å². The number of ether oxygens (including phenoxy) is 4. The first-order valence-electron chi connectivity index (χ1n) is 10.2. The third-order valence-electron chi connectivity index (χ3n) is 4.55. The summed E-state index contributed by atoms with van der Waals surface area (Å²) >= 11 is 0. The molecule has 0 bridgehead atoms. The lowest BCUT2D eigenvalue weighted by Gasteiger charge is -2.18. The number of benzene rings is 2. The Kier molecular flexibility index (Phi) is 7.79. The second-order valence-electron chi connectivity index (χ2n) is 6.90. The van der Waals surface area contributed by atoms with Gasteiger partial charge >= 0.3 is 11.9 Å². The molecule has 0 saturated heterocycles. The molecule has 3 rings (SSSR count). The molecule has 0 fully saturated rings. The van der Waals surface area contributed by atoms with Crippen molar-refractivity contribution in [2.75, 3.05) is 33.0 Å². The average molecular weight is 458 g/mol. The predicted octanol–water partition coefficient (Wildman–Crippen LogP) is 2.06. The molecule has 1 heterocycles. The van der Waals surface area contributed by atoms with Crippen molar-refractivity contribution in [3.8, 4) is 11.5 Å². The first-order chi connectivity index (χ1) is 15.9. The predicted molar refractivity (Wildman–Crippen MR) is 113 cm³/mol. The normalized spacial score (nSPS) is 11.9. The van der Waals surface area contributed by atoms with Gasteiger partial charge < -0.3 is 24.3 Å². The van der Waals surface area contributed by atoms with E-state index in [1.165, 1.54) is 0 Å². The summed E-state index contributed by atoms with van der Waals surface area (Å²) in [6.45, 7) is 2.33. The molecule has 0 radical (unpaired) electrons. The molecule has 11 nitrogen and oxygen atoms in total. The number of esters is 2. The Bertz CT molecular complexity index is 1070. The lowest BCUT2D eigenvalue weighted by atomic mass is 10.1. The molecule has 11 heteroatoms. The summed E-state index contributed by atoms with van der Waals surface area (Å²) < 4.78 is 20.7. The van der Waals surface area contributed by atoms with Gasteiger partial charge in [-0.15, -0.1) is 0 Å². The van der Waals surface area contributed by atoms with Crippen LogP contribution in [0, 0.1) is 10.1 Å². The molecule has 2 aromatic carbocycles. The van der Waals surface area contributed by atoms with Gasteiger partial charge in [-0.05, 0) is 37.1 Å². The van der Waals surface area contributed by atoms with Crippen LogP contribution >= 0.6 is 0 Å². The largest absolute Gasteiger partial charge is 0.486 e. The summed E-state index contributed by atoms with van der Waals surface area (Å²) in [6.07, 6.45) is 0.518. The van der Waals surface area contributed by atoms with Gasteiger partial charge in [-0.3, -0.25) is 14.9 Å². The second kappa shape index (κ2) is 10.9. The fourth-order valence-electron chi connectivity index (χ4n) is 3.02. The lowest BCUT2D eigenvalue weighted by Crippen LogP contribution is -2.30. The quantitative estimate of drug-likeness (QED) is 0.339. The number of fused-ring (bicyclic) bond motifs is 1. The van der Waals surface area contributed by atoms with Gasteiger partial charge in [0, 0.05) is 18.7 Å². The zero-order chi connectivity index (χ0) is 23.8. The van der Waals surface area contributed by atoms with E-state index >= 15 is 0 Å². The molecule has 1 aliphatic rings. The molecule has 0 unspecified atom stereocenters. The molecule has 1 N–H and O–H groups in total. The molecule has 0 atom stereocenters. The maximum absolute atomic E-state index is 12.3. The van der Waals surface area contributed by atoms with Crippen molar-refractivity contribution in [3.63, 3.8) is 0 Å². The van der Waals surface area contributed by atoms with Crippen LogP contribution in [0.4, 0.5) is 5.69 Å². The van der Waals surface area contributed by atoms with E-state index < -0.39 is 35.1 Å². The number of nitrogens with zero attached hydrogens (tertiary/aromatic N) is 1.